The van der Waals surface area contributed by atoms with Gasteiger partial charge in [-0.25, -0.2) is 9.50 Å². The van der Waals surface area contributed by atoms with Crippen molar-refractivity contribution in [3.8, 4) is 11.1 Å². The monoisotopic (exact) mass is 352 g/mol. The van der Waals surface area contributed by atoms with Crippen LogP contribution in [0.5, 0.6) is 0 Å². The van der Waals surface area contributed by atoms with E-state index in [2.05, 4.69) is 5.10 Å². The number of carbonyl (C=O) groups excluding carboxylic acids is 1. The van der Waals surface area contributed by atoms with Crippen molar-refractivity contribution in [2.45, 2.75) is 26.4 Å². The topological polar surface area (TPSA) is 79.7 Å². The number of nitrogens with one attached hydrogen (secondary N) is 1. The minimum absolute atomic E-state index is 0.0302. The predicted octanol–water partition coefficient (Wildman–Crippen LogP) is 1.88. The van der Waals surface area contributed by atoms with E-state index in [9.17, 15) is 9.59 Å². The molecule has 1 aliphatic rings. The van der Waals surface area contributed by atoms with Gasteiger partial charge in [-0.3, -0.25) is 14.7 Å². The summed E-state index contributed by atoms with van der Waals surface area (Å²) in [6, 6.07) is 9.86. The van der Waals surface area contributed by atoms with Gasteiger partial charge >= 0.3 is 0 Å². The zero-order valence-electron chi connectivity index (χ0n) is 14.8. The molecule has 0 spiro atoms. The number of ether oxygens (including phenoxy) is 1. The summed E-state index contributed by atoms with van der Waals surface area (Å²) < 4.78 is 6.45. The molecule has 2 aromatic heterocycles. The fourth-order valence-corrected chi connectivity index (χ4v) is 3.45. The normalized spacial score (nSPS) is 13.4. The summed E-state index contributed by atoms with van der Waals surface area (Å²) in [6.45, 7) is 2.96. The Labute approximate surface area is 150 Å². The molecule has 1 aromatic carbocycles. The predicted molar refractivity (Wildman–Crippen MR) is 96.7 cm³/mol. The number of aromatic amines is 1. The number of rotatable bonds is 4. The van der Waals surface area contributed by atoms with Gasteiger partial charge in [-0.15, -0.1) is 0 Å². The third-order valence-corrected chi connectivity index (χ3v) is 4.77. The third kappa shape index (κ3) is 2.61. The molecular weight excluding hydrogens is 332 g/mol. The third-order valence-electron chi connectivity index (χ3n) is 4.77. The number of benzene rings is 1. The number of amides is 1. The molecule has 0 unspecified atom stereocenters. The van der Waals surface area contributed by atoms with Crippen LogP contribution in [0.1, 0.15) is 23.4 Å². The number of H-pyrrole nitrogens is 1. The Bertz CT molecular complexity index is 1040. The summed E-state index contributed by atoms with van der Waals surface area (Å²) in [4.78, 5) is 31.6. The largest absolute Gasteiger partial charge is 0.384 e. The highest BCUT2D eigenvalue weighted by molar-refractivity contribution is 5.80. The van der Waals surface area contributed by atoms with Crippen molar-refractivity contribution in [3.63, 3.8) is 0 Å². The molecule has 0 bridgehead atoms. The highest BCUT2D eigenvalue weighted by Gasteiger charge is 2.29. The summed E-state index contributed by atoms with van der Waals surface area (Å²) in [5.74, 6) is -0.0302. The lowest BCUT2D eigenvalue weighted by Gasteiger charge is -2.14. The summed E-state index contributed by atoms with van der Waals surface area (Å²) in [5.41, 5.74) is 4.51. The number of carbonyl (C=O) groups is 1. The molecule has 0 fully saturated rings. The van der Waals surface area contributed by atoms with E-state index in [-0.39, 0.29) is 11.5 Å². The second kappa shape index (κ2) is 6.42. The highest BCUT2D eigenvalue weighted by Crippen LogP contribution is 2.28. The molecule has 3 aromatic rings. The molecule has 0 saturated carbocycles. The zero-order chi connectivity index (χ0) is 18.3. The number of methoxy groups -OCH3 is 1. The van der Waals surface area contributed by atoms with Crippen LogP contribution in [0.3, 0.4) is 0 Å². The summed E-state index contributed by atoms with van der Waals surface area (Å²) in [7, 11) is 1.57. The summed E-state index contributed by atoms with van der Waals surface area (Å²) in [5, 5.41) is 3.12. The van der Waals surface area contributed by atoms with Gasteiger partial charge in [0.25, 0.3) is 5.56 Å². The van der Waals surface area contributed by atoms with Gasteiger partial charge in [-0.1, -0.05) is 30.3 Å². The number of aromatic nitrogens is 3. The van der Waals surface area contributed by atoms with Crippen LogP contribution >= 0.6 is 0 Å². The van der Waals surface area contributed by atoms with Crippen LogP contribution in [0.25, 0.3) is 16.8 Å². The first-order valence-electron chi connectivity index (χ1n) is 8.55. The van der Waals surface area contributed by atoms with Crippen molar-refractivity contribution in [2.75, 3.05) is 13.7 Å². The standard InChI is InChI=1S/C19H20N4O3/c1-12-17(13-6-4-3-5-7-13)18-20-15-11-22(16(24)8-9-26-2)10-14(15)19(25)23(18)21-12/h3-7,21H,8-11H2,1-2H3. The van der Waals surface area contributed by atoms with Gasteiger partial charge in [0.15, 0.2) is 5.65 Å². The fourth-order valence-electron chi connectivity index (χ4n) is 3.45. The first-order chi connectivity index (χ1) is 12.6. The van der Waals surface area contributed by atoms with E-state index in [1.54, 1.807) is 12.0 Å². The first-order valence-corrected chi connectivity index (χ1v) is 8.55. The fraction of sp³-hybridized carbons (Fsp3) is 0.316. The maximum Gasteiger partial charge on any atom is 0.278 e. The van der Waals surface area contributed by atoms with E-state index in [0.29, 0.717) is 43.0 Å². The molecule has 0 radical (unpaired) electrons. The average Bonchev–Trinajstić information content (AvgIpc) is 3.22. The maximum atomic E-state index is 12.9. The Morgan fingerprint density at radius 3 is 2.77 bits per heavy atom. The molecule has 7 heteroatoms. The van der Waals surface area contributed by atoms with E-state index in [1.165, 1.54) is 4.52 Å². The Balaban J connectivity index is 1.78. The SMILES string of the molecule is COCCC(=O)N1Cc2nc3c(-c4ccccc4)c(C)[nH]n3c(=O)c2C1. The molecular formula is C19H20N4O3. The molecule has 1 aliphatic heterocycles. The van der Waals surface area contributed by atoms with Crippen LogP contribution in [0.15, 0.2) is 35.1 Å². The smallest absolute Gasteiger partial charge is 0.278 e. The van der Waals surface area contributed by atoms with Crippen molar-refractivity contribution in [1.29, 1.82) is 0 Å². The van der Waals surface area contributed by atoms with Crippen LogP contribution in [0.2, 0.25) is 0 Å². The van der Waals surface area contributed by atoms with Gasteiger partial charge in [0, 0.05) is 18.4 Å². The van der Waals surface area contributed by atoms with Crippen molar-refractivity contribution in [1.82, 2.24) is 19.5 Å². The molecule has 3 heterocycles. The molecule has 134 valence electrons. The number of hydrogen-bond acceptors (Lipinski definition) is 4. The Hall–Kier alpha value is -2.93. The number of aryl methyl sites for hydroxylation is 1. The van der Waals surface area contributed by atoms with Crippen molar-refractivity contribution >= 4 is 11.6 Å². The minimum Gasteiger partial charge on any atom is -0.384 e. The number of fused-ring (bicyclic) bond motifs is 2. The maximum absolute atomic E-state index is 12.9. The molecule has 1 amide bonds. The summed E-state index contributed by atoms with van der Waals surface area (Å²) >= 11 is 0. The Morgan fingerprint density at radius 2 is 2.04 bits per heavy atom. The molecule has 0 aliphatic carbocycles. The van der Waals surface area contributed by atoms with Gasteiger partial charge in [-0.2, -0.15) is 0 Å². The van der Waals surface area contributed by atoms with Gasteiger partial charge in [0.2, 0.25) is 5.91 Å². The van der Waals surface area contributed by atoms with Crippen molar-refractivity contribution < 1.29 is 9.53 Å². The van der Waals surface area contributed by atoms with Crippen molar-refractivity contribution in [2.24, 2.45) is 0 Å². The quantitative estimate of drug-likeness (QED) is 0.777. The Morgan fingerprint density at radius 1 is 1.27 bits per heavy atom. The molecule has 0 atom stereocenters. The number of nitrogens with zero attached hydrogens (tertiary/aromatic N) is 3. The van der Waals surface area contributed by atoms with E-state index in [0.717, 1.165) is 16.8 Å². The Kier molecular flexibility index (Phi) is 4.08. The lowest BCUT2D eigenvalue weighted by Crippen LogP contribution is -2.27. The second-order valence-corrected chi connectivity index (χ2v) is 6.47. The minimum atomic E-state index is -0.141. The van der Waals surface area contributed by atoms with Crippen LogP contribution in [0.4, 0.5) is 0 Å². The molecule has 7 nitrogen and oxygen atoms in total. The van der Waals surface area contributed by atoms with Crippen LogP contribution in [0, 0.1) is 6.92 Å². The van der Waals surface area contributed by atoms with Crippen LogP contribution in [-0.4, -0.2) is 39.1 Å². The lowest BCUT2D eigenvalue weighted by molar-refractivity contribution is -0.132. The number of hydrogen-bond donors (Lipinski definition) is 1. The van der Waals surface area contributed by atoms with Crippen LogP contribution in [-0.2, 0) is 22.6 Å². The summed E-state index contributed by atoms with van der Waals surface area (Å²) in [6.07, 6.45) is 0.304. The first kappa shape index (κ1) is 16.5. The van der Waals surface area contributed by atoms with E-state index in [1.807, 2.05) is 37.3 Å². The zero-order valence-corrected chi connectivity index (χ0v) is 14.8. The molecule has 4 rings (SSSR count). The van der Waals surface area contributed by atoms with Gasteiger partial charge < -0.3 is 9.64 Å². The molecule has 26 heavy (non-hydrogen) atoms. The average molecular weight is 352 g/mol. The van der Waals surface area contributed by atoms with Crippen LogP contribution < -0.4 is 5.56 Å². The van der Waals surface area contributed by atoms with Gasteiger partial charge in [0.1, 0.15) is 0 Å². The second-order valence-electron chi connectivity index (χ2n) is 6.47. The highest BCUT2D eigenvalue weighted by atomic mass is 16.5. The van der Waals surface area contributed by atoms with Gasteiger partial charge in [0.05, 0.1) is 37.4 Å². The lowest BCUT2D eigenvalue weighted by atomic mass is 10.1. The van der Waals surface area contributed by atoms with E-state index >= 15 is 0 Å². The molecule has 0 saturated heterocycles. The van der Waals surface area contributed by atoms with Gasteiger partial charge in [-0.05, 0) is 12.5 Å². The van der Waals surface area contributed by atoms with E-state index < -0.39 is 0 Å². The molecule has 1 N–H and O–H groups in total. The van der Waals surface area contributed by atoms with E-state index in [4.69, 9.17) is 9.72 Å². The van der Waals surface area contributed by atoms with Crippen molar-refractivity contribution in [3.05, 3.63) is 57.6 Å².